The molecule has 2 amide bonds. The fourth-order valence-electron chi connectivity index (χ4n) is 2.59. The topological polar surface area (TPSA) is 79.0 Å². The van der Waals surface area contributed by atoms with Gasteiger partial charge >= 0.3 is 6.03 Å². The fourth-order valence-corrected chi connectivity index (χ4v) is 4.13. The molecule has 9 heteroatoms. The molecule has 1 heterocycles. The second-order valence-electron chi connectivity index (χ2n) is 6.35. The summed E-state index contributed by atoms with van der Waals surface area (Å²) in [7, 11) is -3.56. The third-order valence-corrected chi connectivity index (χ3v) is 6.19. The number of piperazine rings is 1. The number of rotatable bonds is 7. The summed E-state index contributed by atoms with van der Waals surface area (Å²) < 4.78 is 32.1. The van der Waals surface area contributed by atoms with Gasteiger partial charge in [0.2, 0.25) is 10.0 Å². The van der Waals surface area contributed by atoms with Crippen molar-refractivity contribution in [3.63, 3.8) is 0 Å². The first-order valence-corrected chi connectivity index (χ1v) is 10.5. The molecule has 1 aliphatic heterocycles. The number of amides is 2. The minimum absolute atomic E-state index is 0.168. The van der Waals surface area contributed by atoms with Gasteiger partial charge in [-0.1, -0.05) is 11.6 Å². The molecule has 0 bridgehead atoms. The molecule has 0 radical (unpaired) electrons. The Bertz CT molecular complexity index is 686. The summed E-state index contributed by atoms with van der Waals surface area (Å²) in [6.45, 7) is 6.35. The Balaban J connectivity index is 1.79. The maximum absolute atomic E-state index is 12.6. The van der Waals surface area contributed by atoms with Crippen molar-refractivity contribution >= 4 is 27.7 Å². The number of nitrogens with one attached hydrogen (secondary N) is 1. The molecule has 1 N–H and O–H groups in total. The minimum Gasteiger partial charge on any atom is -0.379 e. The largest absolute Gasteiger partial charge is 0.379 e. The predicted octanol–water partition coefficient (Wildman–Crippen LogP) is 2.17. The summed E-state index contributed by atoms with van der Waals surface area (Å²) in [6, 6.07) is 5.94. The summed E-state index contributed by atoms with van der Waals surface area (Å²) in [6.07, 6.45) is 0.927. The molecule has 1 aromatic rings. The van der Waals surface area contributed by atoms with Crippen LogP contribution in [0.4, 0.5) is 4.79 Å². The number of benzene rings is 1. The van der Waals surface area contributed by atoms with Crippen molar-refractivity contribution in [2.24, 2.45) is 0 Å². The summed E-state index contributed by atoms with van der Waals surface area (Å²) in [4.78, 5) is 14.0. The number of ether oxygens (including phenoxy) is 1. The van der Waals surface area contributed by atoms with E-state index < -0.39 is 10.0 Å². The van der Waals surface area contributed by atoms with Gasteiger partial charge in [0, 0.05) is 44.4 Å². The number of nitrogens with zero attached hydrogens (tertiary/aromatic N) is 2. The van der Waals surface area contributed by atoms with E-state index in [2.05, 4.69) is 5.32 Å². The second-order valence-corrected chi connectivity index (χ2v) is 8.72. The lowest BCUT2D eigenvalue weighted by atomic mass is 10.4. The molecule has 146 valence electrons. The van der Waals surface area contributed by atoms with Crippen molar-refractivity contribution in [2.45, 2.75) is 31.3 Å². The molecule has 7 nitrogen and oxygen atoms in total. The quantitative estimate of drug-likeness (QED) is 0.707. The van der Waals surface area contributed by atoms with E-state index in [1.165, 1.54) is 16.4 Å². The fraction of sp³-hybridized carbons (Fsp3) is 0.588. The van der Waals surface area contributed by atoms with Crippen molar-refractivity contribution in [1.29, 1.82) is 0 Å². The van der Waals surface area contributed by atoms with Crippen LogP contribution in [0.3, 0.4) is 0 Å². The number of urea groups is 1. The highest BCUT2D eigenvalue weighted by Gasteiger charge is 2.29. The zero-order chi connectivity index (χ0) is 19.2. The molecule has 1 aromatic carbocycles. The molecule has 1 aliphatic rings. The molecule has 0 atom stereocenters. The van der Waals surface area contributed by atoms with E-state index >= 15 is 0 Å². The van der Waals surface area contributed by atoms with E-state index in [-0.39, 0.29) is 30.1 Å². The van der Waals surface area contributed by atoms with Gasteiger partial charge in [-0.15, -0.1) is 0 Å². The van der Waals surface area contributed by atoms with Crippen molar-refractivity contribution in [3.05, 3.63) is 29.3 Å². The summed E-state index contributed by atoms with van der Waals surface area (Å²) in [5.74, 6) is 0. The van der Waals surface area contributed by atoms with Crippen molar-refractivity contribution < 1.29 is 17.9 Å². The Morgan fingerprint density at radius 2 is 1.81 bits per heavy atom. The number of hydrogen-bond acceptors (Lipinski definition) is 4. The molecule has 0 unspecified atom stereocenters. The van der Waals surface area contributed by atoms with Crippen LogP contribution >= 0.6 is 11.6 Å². The smallest absolute Gasteiger partial charge is 0.317 e. The molecule has 1 saturated heterocycles. The summed E-state index contributed by atoms with van der Waals surface area (Å²) in [5.41, 5.74) is 0. The minimum atomic E-state index is -3.56. The van der Waals surface area contributed by atoms with E-state index in [0.29, 0.717) is 31.3 Å². The Morgan fingerprint density at radius 1 is 1.19 bits per heavy atom. The van der Waals surface area contributed by atoms with Gasteiger partial charge in [0.25, 0.3) is 0 Å². The molecular formula is C17H26ClN3O4S. The molecule has 0 aromatic heterocycles. The van der Waals surface area contributed by atoms with Crippen LogP contribution in [0.1, 0.15) is 20.3 Å². The highest BCUT2D eigenvalue weighted by Crippen LogP contribution is 2.19. The average molecular weight is 404 g/mol. The van der Waals surface area contributed by atoms with E-state index in [1.807, 2.05) is 13.8 Å². The molecule has 0 aliphatic carbocycles. The van der Waals surface area contributed by atoms with Crippen LogP contribution in [0.5, 0.6) is 0 Å². The Kier molecular flexibility index (Phi) is 7.69. The number of carbonyl (C=O) groups excluding carboxylic acids is 1. The summed E-state index contributed by atoms with van der Waals surface area (Å²) >= 11 is 5.81. The Labute approximate surface area is 160 Å². The molecule has 0 spiro atoms. The Hall–Kier alpha value is -1.35. The molecule has 1 fully saturated rings. The summed E-state index contributed by atoms with van der Waals surface area (Å²) in [5, 5.41) is 3.33. The third kappa shape index (κ3) is 5.84. The van der Waals surface area contributed by atoms with E-state index in [4.69, 9.17) is 16.3 Å². The number of sulfonamides is 1. The molecular weight excluding hydrogens is 378 g/mol. The first kappa shape index (κ1) is 21.0. The van der Waals surface area contributed by atoms with Gasteiger partial charge < -0.3 is 15.0 Å². The predicted molar refractivity (Wildman–Crippen MR) is 101 cm³/mol. The Morgan fingerprint density at radius 3 is 2.38 bits per heavy atom. The van der Waals surface area contributed by atoms with Crippen LogP contribution < -0.4 is 5.32 Å². The van der Waals surface area contributed by atoms with Crippen molar-refractivity contribution in [2.75, 3.05) is 39.3 Å². The SMILES string of the molecule is CC(C)OCCCNC(=O)N1CCN(S(=O)(=O)c2ccc(Cl)cc2)CC1. The zero-order valence-corrected chi connectivity index (χ0v) is 16.7. The molecule has 2 rings (SSSR count). The van der Waals surface area contributed by atoms with Gasteiger partial charge in [-0.2, -0.15) is 4.31 Å². The molecule has 0 saturated carbocycles. The second kappa shape index (κ2) is 9.55. The van der Waals surface area contributed by atoms with E-state index in [9.17, 15) is 13.2 Å². The maximum atomic E-state index is 12.6. The van der Waals surface area contributed by atoms with Crippen LogP contribution in [0, 0.1) is 0 Å². The van der Waals surface area contributed by atoms with Crippen LogP contribution in [-0.4, -0.2) is 69.1 Å². The van der Waals surface area contributed by atoms with Gasteiger partial charge in [0.1, 0.15) is 0 Å². The highest BCUT2D eigenvalue weighted by atomic mass is 35.5. The average Bonchev–Trinajstić information content (AvgIpc) is 2.61. The number of hydrogen-bond donors (Lipinski definition) is 1. The van der Waals surface area contributed by atoms with Gasteiger partial charge in [0.05, 0.1) is 11.0 Å². The lowest BCUT2D eigenvalue weighted by Gasteiger charge is -2.34. The highest BCUT2D eigenvalue weighted by molar-refractivity contribution is 7.89. The number of carbonyl (C=O) groups is 1. The van der Waals surface area contributed by atoms with Crippen LogP contribution in [0.25, 0.3) is 0 Å². The zero-order valence-electron chi connectivity index (χ0n) is 15.2. The van der Waals surface area contributed by atoms with Crippen LogP contribution in [-0.2, 0) is 14.8 Å². The monoisotopic (exact) mass is 403 g/mol. The normalized spacial score (nSPS) is 16.1. The molecule has 26 heavy (non-hydrogen) atoms. The van der Waals surface area contributed by atoms with E-state index in [0.717, 1.165) is 6.42 Å². The van der Waals surface area contributed by atoms with Crippen LogP contribution in [0.15, 0.2) is 29.2 Å². The lowest BCUT2D eigenvalue weighted by molar-refractivity contribution is 0.0770. The van der Waals surface area contributed by atoms with Crippen molar-refractivity contribution in [3.8, 4) is 0 Å². The first-order valence-electron chi connectivity index (χ1n) is 8.71. The maximum Gasteiger partial charge on any atom is 0.317 e. The van der Waals surface area contributed by atoms with Gasteiger partial charge in [-0.3, -0.25) is 0 Å². The number of halogens is 1. The van der Waals surface area contributed by atoms with E-state index in [1.54, 1.807) is 17.0 Å². The van der Waals surface area contributed by atoms with Crippen molar-refractivity contribution in [1.82, 2.24) is 14.5 Å². The van der Waals surface area contributed by atoms with Gasteiger partial charge in [-0.25, -0.2) is 13.2 Å². The van der Waals surface area contributed by atoms with Crippen LogP contribution in [0.2, 0.25) is 5.02 Å². The third-order valence-electron chi connectivity index (χ3n) is 4.03. The van der Waals surface area contributed by atoms with Gasteiger partial charge in [-0.05, 0) is 44.5 Å². The lowest BCUT2D eigenvalue weighted by Crippen LogP contribution is -2.53. The standard InChI is InChI=1S/C17H26ClN3O4S/c1-14(2)25-13-3-8-19-17(22)20-9-11-21(12-10-20)26(23,24)16-6-4-15(18)5-7-16/h4-7,14H,3,8-13H2,1-2H3,(H,19,22). The first-order chi connectivity index (χ1) is 12.3. The van der Waals surface area contributed by atoms with Gasteiger partial charge in [0.15, 0.2) is 0 Å².